The molecule has 166 valence electrons. The molecule has 6 nitrogen and oxygen atoms in total. The van der Waals surface area contributed by atoms with Gasteiger partial charge in [0, 0.05) is 41.8 Å². The number of anilines is 1. The van der Waals surface area contributed by atoms with Gasteiger partial charge in [-0.05, 0) is 44.5 Å². The first kappa shape index (κ1) is 22.0. The lowest BCUT2D eigenvalue weighted by Gasteiger charge is -2.29. The molecule has 0 saturated heterocycles. The number of nitrogens with one attached hydrogen (secondary N) is 1. The van der Waals surface area contributed by atoms with Crippen molar-refractivity contribution in [2.45, 2.75) is 46.8 Å². The van der Waals surface area contributed by atoms with Crippen LogP contribution in [0.15, 0.2) is 42.5 Å². The third-order valence-corrected chi connectivity index (χ3v) is 6.16. The summed E-state index contributed by atoms with van der Waals surface area (Å²) in [6.45, 7) is 10.1. The fraction of sp³-hybridized carbons (Fsp3) is 0.346. The molecule has 0 bridgehead atoms. The predicted octanol–water partition coefficient (Wildman–Crippen LogP) is 4.41. The molecule has 0 fully saturated rings. The maximum absolute atomic E-state index is 13.4. The van der Waals surface area contributed by atoms with Crippen molar-refractivity contribution in [1.82, 2.24) is 9.88 Å². The number of rotatable bonds is 5. The van der Waals surface area contributed by atoms with E-state index in [0.717, 1.165) is 58.5 Å². The van der Waals surface area contributed by atoms with Crippen molar-refractivity contribution in [3.8, 4) is 0 Å². The second-order valence-corrected chi connectivity index (χ2v) is 8.35. The number of carbonyl (C=O) groups excluding carboxylic acids is 2. The van der Waals surface area contributed by atoms with Crippen molar-refractivity contribution < 1.29 is 14.3 Å². The highest BCUT2D eigenvalue weighted by atomic mass is 16.5. The highest BCUT2D eigenvalue weighted by molar-refractivity contribution is 6.06. The van der Waals surface area contributed by atoms with Crippen LogP contribution in [0.2, 0.25) is 0 Å². The second-order valence-electron chi connectivity index (χ2n) is 8.35. The van der Waals surface area contributed by atoms with Gasteiger partial charge in [-0.3, -0.25) is 14.7 Å². The van der Waals surface area contributed by atoms with Crippen molar-refractivity contribution >= 4 is 28.5 Å². The molecule has 1 N–H and O–H groups in total. The fourth-order valence-electron chi connectivity index (χ4n) is 4.26. The summed E-state index contributed by atoms with van der Waals surface area (Å²) in [6, 6.07) is 13.4. The van der Waals surface area contributed by atoms with Crippen LogP contribution in [0.3, 0.4) is 0 Å². The number of carbonyl (C=O) groups is 2. The number of hydrogen-bond donors (Lipinski definition) is 1. The highest BCUT2D eigenvalue weighted by Crippen LogP contribution is 2.29. The summed E-state index contributed by atoms with van der Waals surface area (Å²) in [7, 11) is 0. The molecule has 4 rings (SSSR count). The Labute approximate surface area is 188 Å². The van der Waals surface area contributed by atoms with E-state index in [4.69, 9.17) is 9.72 Å². The lowest BCUT2D eigenvalue weighted by Crippen LogP contribution is -2.34. The molecule has 0 aliphatic carbocycles. The standard InChI is InChI=1S/C26H29N3O3/c1-5-29-14-13-22-20(15-29)23(19-11-6-7-12-21(19)27-22)26(31)32-18(4)25(30)28-24-16(2)9-8-10-17(24)3/h6-12,18H,5,13-15H2,1-4H3,(H,28,30). The number of hydrogen-bond acceptors (Lipinski definition) is 5. The maximum atomic E-state index is 13.4. The zero-order chi connectivity index (χ0) is 22.8. The number of benzene rings is 2. The Balaban J connectivity index is 1.63. The van der Waals surface area contributed by atoms with Crippen molar-refractivity contribution in [2.24, 2.45) is 0 Å². The molecule has 1 aromatic heterocycles. The van der Waals surface area contributed by atoms with E-state index in [-0.39, 0.29) is 5.91 Å². The zero-order valence-electron chi connectivity index (χ0n) is 19.1. The van der Waals surface area contributed by atoms with Crippen LogP contribution in [0.4, 0.5) is 5.69 Å². The van der Waals surface area contributed by atoms with E-state index in [9.17, 15) is 9.59 Å². The van der Waals surface area contributed by atoms with Crippen molar-refractivity contribution in [2.75, 3.05) is 18.4 Å². The smallest absolute Gasteiger partial charge is 0.339 e. The molecule has 1 aliphatic rings. The molecule has 0 radical (unpaired) electrons. The molecule has 1 unspecified atom stereocenters. The lowest BCUT2D eigenvalue weighted by atomic mass is 9.95. The molecule has 1 aliphatic heterocycles. The minimum atomic E-state index is -0.935. The first-order valence-electron chi connectivity index (χ1n) is 11.1. The summed E-state index contributed by atoms with van der Waals surface area (Å²) in [6.07, 6.45) is -0.147. The van der Waals surface area contributed by atoms with E-state index in [1.54, 1.807) is 6.92 Å². The third-order valence-electron chi connectivity index (χ3n) is 6.16. The first-order valence-corrected chi connectivity index (χ1v) is 11.1. The van der Waals surface area contributed by atoms with Crippen LogP contribution in [-0.2, 0) is 22.5 Å². The van der Waals surface area contributed by atoms with E-state index < -0.39 is 12.1 Å². The van der Waals surface area contributed by atoms with Crippen LogP contribution in [0.1, 0.15) is 46.6 Å². The largest absolute Gasteiger partial charge is 0.449 e. The summed E-state index contributed by atoms with van der Waals surface area (Å²) in [5, 5.41) is 3.67. The Hall–Kier alpha value is -3.25. The van der Waals surface area contributed by atoms with Gasteiger partial charge in [0.15, 0.2) is 6.10 Å². The Morgan fingerprint density at radius 1 is 1.12 bits per heavy atom. The highest BCUT2D eigenvalue weighted by Gasteiger charge is 2.28. The van der Waals surface area contributed by atoms with Crippen LogP contribution >= 0.6 is 0 Å². The summed E-state index contributed by atoms with van der Waals surface area (Å²) in [5.41, 5.74) is 5.82. The first-order chi connectivity index (χ1) is 15.4. The van der Waals surface area contributed by atoms with Gasteiger partial charge >= 0.3 is 5.97 Å². The summed E-state index contributed by atoms with van der Waals surface area (Å²) >= 11 is 0. The molecule has 2 aromatic carbocycles. The van der Waals surface area contributed by atoms with Crippen LogP contribution in [0.5, 0.6) is 0 Å². The van der Waals surface area contributed by atoms with Gasteiger partial charge in [0.25, 0.3) is 5.91 Å². The number of nitrogens with zero attached hydrogens (tertiary/aromatic N) is 2. The molecular formula is C26H29N3O3. The fourth-order valence-corrected chi connectivity index (χ4v) is 4.26. The van der Waals surface area contributed by atoms with E-state index in [0.29, 0.717) is 12.1 Å². The molecule has 32 heavy (non-hydrogen) atoms. The van der Waals surface area contributed by atoms with E-state index in [1.807, 2.05) is 56.3 Å². The molecule has 0 spiro atoms. The summed E-state index contributed by atoms with van der Waals surface area (Å²) in [4.78, 5) is 33.3. The predicted molar refractivity (Wildman–Crippen MR) is 126 cm³/mol. The van der Waals surface area contributed by atoms with Gasteiger partial charge in [-0.1, -0.05) is 43.3 Å². The zero-order valence-corrected chi connectivity index (χ0v) is 19.1. The van der Waals surface area contributed by atoms with Crippen molar-refractivity contribution in [3.05, 3.63) is 70.4 Å². The van der Waals surface area contributed by atoms with Crippen LogP contribution in [0.25, 0.3) is 10.9 Å². The topological polar surface area (TPSA) is 71.5 Å². The average Bonchev–Trinajstić information content (AvgIpc) is 2.79. The monoisotopic (exact) mass is 431 g/mol. The molecule has 2 heterocycles. The van der Waals surface area contributed by atoms with Gasteiger partial charge in [-0.25, -0.2) is 4.79 Å². The molecule has 3 aromatic rings. The van der Waals surface area contributed by atoms with E-state index >= 15 is 0 Å². The van der Waals surface area contributed by atoms with Crippen LogP contribution in [-0.4, -0.2) is 41.0 Å². The normalized spacial score (nSPS) is 14.6. The van der Waals surface area contributed by atoms with Gasteiger partial charge in [0.05, 0.1) is 11.1 Å². The molecule has 0 saturated carbocycles. The lowest BCUT2D eigenvalue weighted by molar-refractivity contribution is -0.123. The second kappa shape index (κ2) is 9.09. The minimum absolute atomic E-state index is 0.349. The number of amides is 1. The van der Waals surface area contributed by atoms with E-state index in [2.05, 4.69) is 17.1 Å². The number of pyridine rings is 1. The molecule has 1 atom stereocenters. The third kappa shape index (κ3) is 4.23. The van der Waals surface area contributed by atoms with Gasteiger partial charge in [-0.2, -0.15) is 0 Å². The van der Waals surface area contributed by atoms with Gasteiger partial charge in [0.1, 0.15) is 0 Å². The number of aromatic nitrogens is 1. The average molecular weight is 432 g/mol. The summed E-state index contributed by atoms with van der Waals surface area (Å²) in [5.74, 6) is -0.833. The quantitative estimate of drug-likeness (QED) is 0.606. The minimum Gasteiger partial charge on any atom is -0.449 e. The van der Waals surface area contributed by atoms with Gasteiger partial charge in [-0.15, -0.1) is 0 Å². The number of fused-ring (bicyclic) bond motifs is 2. The Morgan fingerprint density at radius 3 is 2.56 bits per heavy atom. The maximum Gasteiger partial charge on any atom is 0.339 e. The van der Waals surface area contributed by atoms with Gasteiger partial charge < -0.3 is 10.1 Å². The van der Waals surface area contributed by atoms with Gasteiger partial charge in [0.2, 0.25) is 0 Å². The van der Waals surface area contributed by atoms with Crippen LogP contribution < -0.4 is 5.32 Å². The number of esters is 1. The number of ether oxygens (including phenoxy) is 1. The Kier molecular flexibility index (Phi) is 6.24. The molecular weight excluding hydrogens is 402 g/mol. The molecule has 1 amide bonds. The van der Waals surface area contributed by atoms with E-state index in [1.165, 1.54) is 0 Å². The molecule has 6 heteroatoms. The number of likely N-dealkylation sites (N-methyl/N-ethyl adjacent to an activating group) is 1. The summed E-state index contributed by atoms with van der Waals surface area (Å²) < 4.78 is 5.70. The number of para-hydroxylation sites is 2. The SMILES string of the molecule is CCN1CCc2nc3ccccc3c(C(=O)OC(C)C(=O)Nc3c(C)cccc3C)c2C1. The van der Waals surface area contributed by atoms with Crippen LogP contribution in [0, 0.1) is 13.8 Å². The van der Waals surface area contributed by atoms with Crippen molar-refractivity contribution in [1.29, 1.82) is 0 Å². The van der Waals surface area contributed by atoms with Crippen molar-refractivity contribution in [3.63, 3.8) is 0 Å². The Morgan fingerprint density at radius 2 is 1.84 bits per heavy atom. The number of aryl methyl sites for hydroxylation is 2. The Bertz CT molecular complexity index is 1170.